The van der Waals surface area contributed by atoms with Gasteiger partial charge in [-0.3, -0.25) is 15.2 Å². The van der Waals surface area contributed by atoms with Crippen LogP contribution in [0.5, 0.6) is 0 Å². The number of aromatic nitrogens is 5. The summed E-state index contributed by atoms with van der Waals surface area (Å²) in [6.45, 7) is 0.323. The second kappa shape index (κ2) is 8.02. The molecule has 0 unspecified atom stereocenters. The van der Waals surface area contributed by atoms with E-state index >= 15 is 0 Å². The molecule has 0 bridgehead atoms. The van der Waals surface area contributed by atoms with Crippen molar-refractivity contribution in [2.75, 3.05) is 5.32 Å². The number of rotatable bonds is 5. The highest BCUT2D eigenvalue weighted by molar-refractivity contribution is 6.36. The molecule has 10 heteroatoms. The molecule has 4 aromatic rings. The Labute approximate surface area is 174 Å². The number of carbonyl (C=O) groups excluding carboxylic acids is 1. The van der Waals surface area contributed by atoms with Crippen LogP contribution in [0.2, 0.25) is 10.0 Å². The molecule has 0 atom stereocenters. The number of carbonyl (C=O) groups is 1. The SMILES string of the molecule is O=C(Nc1ncn(Cc2cccc(F)c2)n1)c1cc(-c2ccc(Cl)cc2Cl)n[nH]1. The Morgan fingerprint density at radius 2 is 2.03 bits per heavy atom. The molecule has 7 nitrogen and oxygen atoms in total. The van der Waals surface area contributed by atoms with E-state index in [2.05, 4.69) is 25.6 Å². The number of anilines is 1. The van der Waals surface area contributed by atoms with Crippen molar-refractivity contribution >= 4 is 35.1 Å². The van der Waals surface area contributed by atoms with Gasteiger partial charge in [-0.05, 0) is 42.0 Å². The average molecular weight is 431 g/mol. The van der Waals surface area contributed by atoms with Crippen LogP contribution < -0.4 is 5.32 Å². The van der Waals surface area contributed by atoms with Gasteiger partial charge in [0.1, 0.15) is 17.8 Å². The molecular formula is C19H13Cl2FN6O. The highest BCUT2D eigenvalue weighted by atomic mass is 35.5. The molecule has 29 heavy (non-hydrogen) atoms. The number of hydrogen-bond donors (Lipinski definition) is 2. The van der Waals surface area contributed by atoms with Crippen LogP contribution in [-0.2, 0) is 6.54 Å². The Hall–Kier alpha value is -3.23. The zero-order valence-corrected chi connectivity index (χ0v) is 16.2. The molecule has 4 rings (SSSR count). The lowest BCUT2D eigenvalue weighted by molar-refractivity contribution is 0.102. The summed E-state index contributed by atoms with van der Waals surface area (Å²) in [4.78, 5) is 16.5. The molecule has 2 N–H and O–H groups in total. The molecule has 1 amide bonds. The standard InChI is InChI=1S/C19H13Cl2FN6O/c20-12-4-5-14(15(21)7-12)16-8-17(26-25-16)18(29)24-19-23-10-28(27-19)9-11-2-1-3-13(22)6-11/h1-8,10H,9H2,(H,25,26)(H,24,27,29). The van der Waals surface area contributed by atoms with Crippen molar-refractivity contribution in [1.82, 2.24) is 25.0 Å². The molecule has 2 aromatic carbocycles. The third-order valence-electron chi connectivity index (χ3n) is 4.02. The van der Waals surface area contributed by atoms with Crippen molar-refractivity contribution in [3.63, 3.8) is 0 Å². The van der Waals surface area contributed by atoms with Gasteiger partial charge in [-0.1, -0.05) is 35.3 Å². The van der Waals surface area contributed by atoms with Gasteiger partial charge in [0.15, 0.2) is 0 Å². The second-order valence-corrected chi connectivity index (χ2v) is 6.98. The minimum absolute atomic E-state index is 0.118. The van der Waals surface area contributed by atoms with E-state index in [4.69, 9.17) is 23.2 Å². The first-order valence-electron chi connectivity index (χ1n) is 8.44. The summed E-state index contributed by atoms with van der Waals surface area (Å²) < 4.78 is 14.8. The van der Waals surface area contributed by atoms with Crippen LogP contribution in [0.3, 0.4) is 0 Å². The fraction of sp³-hybridized carbons (Fsp3) is 0.0526. The molecule has 2 aromatic heterocycles. The smallest absolute Gasteiger partial charge is 0.276 e. The second-order valence-electron chi connectivity index (χ2n) is 6.14. The van der Waals surface area contributed by atoms with E-state index < -0.39 is 5.91 Å². The number of amides is 1. The number of nitrogens with one attached hydrogen (secondary N) is 2. The maximum absolute atomic E-state index is 13.3. The zero-order valence-electron chi connectivity index (χ0n) is 14.7. The molecule has 0 radical (unpaired) electrons. The van der Waals surface area contributed by atoms with Gasteiger partial charge in [0, 0.05) is 10.6 Å². The van der Waals surface area contributed by atoms with Gasteiger partial charge in [0.05, 0.1) is 17.3 Å². The maximum atomic E-state index is 13.3. The summed E-state index contributed by atoms with van der Waals surface area (Å²) in [5.74, 6) is -0.670. The largest absolute Gasteiger partial charge is 0.288 e. The number of hydrogen-bond acceptors (Lipinski definition) is 4. The number of halogens is 3. The lowest BCUT2D eigenvalue weighted by Crippen LogP contribution is -2.14. The van der Waals surface area contributed by atoms with Crippen molar-refractivity contribution in [1.29, 1.82) is 0 Å². The normalized spacial score (nSPS) is 10.9. The van der Waals surface area contributed by atoms with Crippen molar-refractivity contribution in [3.8, 4) is 11.3 Å². The summed E-state index contributed by atoms with van der Waals surface area (Å²) in [6, 6.07) is 12.7. The lowest BCUT2D eigenvalue weighted by Gasteiger charge is -2.01. The first-order valence-corrected chi connectivity index (χ1v) is 9.19. The van der Waals surface area contributed by atoms with Gasteiger partial charge >= 0.3 is 0 Å². The van der Waals surface area contributed by atoms with Crippen molar-refractivity contribution in [2.45, 2.75) is 6.54 Å². The van der Waals surface area contributed by atoms with Gasteiger partial charge in [-0.25, -0.2) is 14.1 Å². The van der Waals surface area contributed by atoms with Crippen molar-refractivity contribution < 1.29 is 9.18 Å². The maximum Gasteiger partial charge on any atom is 0.276 e. The summed E-state index contributed by atoms with van der Waals surface area (Å²) in [6.07, 6.45) is 1.45. The summed E-state index contributed by atoms with van der Waals surface area (Å²) >= 11 is 12.1. The predicted octanol–water partition coefficient (Wildman–Crippen LogP) is 4.41. The van der Waals surface area contributed by atoms with E-state index in [0.717, 1.165) is 5.56 Å². The van der Waals surface area contributed by atoms with Crippen LogP contribution in [0.25, 0.3) is 11.3 Å². The lowest BCUT2D eigenvalue weighted by atomic mass is 10.1. The van der Waals surface area contributed by atoms with E-state index in [9.17, 15) is 9.18 Å². The predicted molar refractivity (Wildman–Crippen MR) is 108 cm³/mol. The first-order chi connectivity index (χ1) is 14.0. The number of H-pyrrole nitrogens is 1. The minimum atomic E-state index is -0.461. The minimum Gasteiger partial charge on any atom is -0.288 e. The Morgan fingerprint density at radius 1 is 1.17 bits per heavy atom. The van der Waals surface area contributed by atoms with Gasteiger partial charge in [0.25, 0.3) is 5.91 Å². The summed E-state index contributed by atoms with van der Waals surface area (Å²) in [5, 5.41) is 14.5. The fourth-order valence-electron chi connectivity index (χ4n) is 2.69. The molecule has 0 saturated heterocycles. The molecule has 0 aliphatic rings. The van der Waals surface area contributed by atoms with Crippen LogP contribution in [0.1, 0.15) is 16.1 Å². The number of benzene rings is 2. The van der Waals surface area contributed by atoms with Crippen molar-refractivity contribution in [2.24, 2.45) is 0 Å². The Kier molecular flexibility index (Phi) is 5.28. The zero-order chi connectivity index (χ0) is 20.4. The quantitative estimate of drug-likeness (QED) is 0.490. The van der Waals surface area contributed by atoms with Crippen LogP contribution in [0, 0.1) is 5.82 Å². The Balaban J connectivity index is 1.45. The van der Waals surface area contributed by atoms with Crippen LogP contribution in [-0.4, -0.2) is 30.9 Å². The number of aromatic amines is 1. The van der Waals surface area contributed by atoms with E-state index in [1.165, 1.54) is 23.1 Å². The molecule has 0 spiro atoms. The number of nitrogens with zero attached hydrogens (tertiary/aromatic N) is 4. The molecule has 0 aliphatic heterocycles. The first kappa shape index (κ1) is 19.1. The van der Waals surface area contributed by atoms with E-state index in [1.54, 1.807) is 36.4 Å². The van der Waals surface area contributed by atoms with Crippen molar-refractivity contribution in [3.05, 3.63) is 82.0 Å². The fourth-order valence-corrected chi connectivity index (χ4v) is 3.20. The molecule has 0 fully saturated rings. The van der Waals surface area contributed by atoms with Crippen LogP contribution in [0.15, 0.2) is 54.9 Å². The Morgan fingerprint density at radius 3 is 2.83 bits per heavy atom. The highest BCUT2D eigenvalue weighted by Crippen LogP contribution is 2.29. The Bertz CT molecular complexity index is 1190. The average Bonchev–Trinajstić information content (AvgIpc) is 3.32. The molecule has 2 heterocycles. The van der Waals surface area contributed by atoms with E-state index in [-0.39, 0.29) is 17.5 Å². The molecule has 0 saturated carbocycles. The summed E-state index contributed by atoms with van der Waals surface area (Å²) in [5.41, 5.74) is 2.09. The topological polar surface area (TPSA) is 88.5 Å². The molecule has 0 aliphatic carbocycles. The monoisotopic (exact) mass is 430 g/mol. The van der Waals surface area contributed by atoms with E-state index in [1.807, 2.05) is 0 Å². The third kappa shape index (κ3) is 4.44. The van der Waals surface area contributed by atoms with Gasteiger partial charge in [0.2, 0.25) is 5.95 Å². The van der Waals surface area contributed by atoms with Gasteiger partial charge < -0.3 is 0 Å². The van der Waals surface area contributed by atoms with Gasteiger partial charge in [-0.15, -0.1) is 5.10 Å². The highest BCUT2D eigenvalue weighted by Gasteiger charge is 2.15. The third-order valence-corrected chi connectivity index (χ3v) is 4.57. The van der Waals surface area contributed by atoms with Crippen LogP contribution >= 0.6 is 23.2 Å². The summed E-state index contributed by atoms with van der Waals surface area (Å²) in [7, 11) is 0. The van der Waals surface area contributed by atoms with Gasteiger partial charge in [-0.2, -0.15) is 5.10 Å². The van der Waals surface area contributed by atoms with Crippen LogP contribution in [0.4, 0.5) is 10.3 Å². The molecule has 146 valence electrons. The van der Waals surface area contributed by atoms with E-state index in [0.29, 0.717) is 27.8 Å². The molecular weight excluding hydrogens is 418 g/mol.